The summed E-state index contributed by atoms with van der Waals surface area (Å²) in [4.78, 5) is 12.1. The van der Waals surface area contributed by atoms with E-state index >= 15 is 0 Å². The average molecular weight is 263 g/mol. The predicted octanol–water partition coefficient (Wildman–Crippen LogP) is 1.86. The van der Waals surface area contributed by atoms with Crippen molar-refractivity contribution in [3.8, 4) is 5.75 Å². The van der Waals surface area contributed by atoms with E-state index in [-0.39, 0.29) is 12.5 Å². The second-order valence-corrected chi connectivity index (χ2v) is 4.45. The third kappa shape index (κ3) is 2.71. The van der Waals surface area contributed by atoms with Gasteiger partial charge in [-0.25, -0.2) is 0 Å². The van der Waals surface area contributed by atoms with Crippen LogP contribution in [0.25, 0.3) is 11.0 Å². The molecule has 1 aromatic heterocycles. The number of aryl methyl sites for hydroxylation is 1. The Bertz CT molecular complexity index is 601. The van der Waals surface area contributed by atoms with Crippen LogP contribution < -0.4 is 10.1 Å². The molecule has 0 saturated heterocycles. The molecule has 5 nitrogen and oxygen atoms in total. The summed E-state index contributed by atoms with van der Waals surface area (Å²) in [5, 5.41) is 12.6. The van der Waals surface area contributed by atoms with Gasteiger partial charge >= 0.3 is 0 Å². The molecular weight excluding hydrogens is 246 g/mol. The van der Waals surface area contributed by atoms with Crippen LogP contribution in [0.2, 0.25) is 0 Å². The van der Waals surface area contributed by atoms with Crippen molar-refractivity contribution in [2.45, 2.75) is 20.0 Å². The number of hydrogen-bond donors (Lipinski definition) is 2. The van der Waals surface area contributed by atoms with Crippen molar-refractivity contribution in [2.24, 2.45) is 0 Å². The van der Waals surface area contributed by atoms with E-state index in [9.17, 15) is 9.90 Å². The monoisotopic (exact) mass is 263 g/mol. The lowest BCUT2D eigenvalue weighted by atomic mass is 10.1. The van der Waals surface area contributed by atoms with Gasteiger partial charge in [0.15, 0.2) is 0 Å². The maximum Gasteiger partial charge on any atom is 0.255 e. The highest BCUT2D eigenvalue weighted by Gasteiger charge is 2.18. The zero-order valence-electron chi connectivity index (χ0n) is 11.2. The summed E-state index contributed by atoms with van der Waals surface area (Å²) in [5.41, 5.74) is 1.12. The highest BCUT2D eigenvalue weighted by molar-refractivity contribution is 6.07. The molecule has 2 rings (SSSR count). The minimum Gasteiger partial charge on any atom is -0.497 e. The fourth-order valence-electron chi connectivity index (χ4n) is 1.94. The van der Waals surface area contributed by atoms with Crippen molar-refractivity contribution in [3.05, 3.63) is 29.5 Å². The molecule has 0 fully saturated rings. The molecular formula is C14H17NO4. The number of furan rings is 1. The zero-order valence-corrected chi connectivity index (χ0v) is 11.2. The van der Waals surface area contributed by atoms with E-state index in [0.717, 1.165) is 0 Å². The van der Waals surface area contributed by atoms with E-state index in [0.29, 0.717) is 28.0 Å². The molecule has 0 spiro atoms. The predicted molar refractivity (Wildman–Crippen MR) is 71.5 cm³/mol. The van der Waals surface area contributed by atoms with Crippen molar-refractivity contribution in [2.75, 3.05) is 13.7 Å². The van der Waals surface area contributed by atoms with Crippen molar-refractivity contribution in [1.29, 1.82) is 0 Å². The minimum atomic E-state index is -0.586. The molecule has 1 atom stereocenters. The van der Waals surface area contributed by atoms with E-state index in [1.54, 1.807) is 39.2 Å². The van der Waals surface area contributed by atoms with E-state index < -0.39 is 6.10 Å². The molecule has 2 aromatic rings. The minimum absolute atomic E-state index is 0.203. The van der Waals surface area contributed by atoms with Gasteiger partial charge in [0, 0.05) is 11.9 Å². The standard InChI is InChI=1S/C14H17NO4/c1-8(16)7-15-14(17)13-9(2)19-12-5-4-10(18-3)6-11(12)13/h4-6,8,16H,7H2,1-3H3,(H,15,17). The number of carbonyl (C=O) groups is 1. The largest absolute Gasteiger partial charge is 0.497 e. The van der Waals surface area contributed by atoms with Crippen LogP contribution in [0.15, 0.2) is 22.6 Å². The molecule has 0 radical (unpaired) electrons. The van der Waals surface area contributed by atoms with Gasteiger partial charge < -0.3 is 19.6 Å². The van der Waals surface area contributed by atoms with Gasteiger partial charge in [-0.3, -0.25) is 4.79 Å². The molecule has 0 aliphatic rings. The maximum atomic E-state index is 12.1. The number of amides is 1. The first kappa shape index (κ1) is 13.4. The summed E-state index contributed by atoms with van der Waals surface area (Å²) < 4.78 is 10.7. The summed E-state index contributed by atoms with van der Waals surface area (Å²) in [6, 6.07) is 5.32. The first-order valence-corrected chi connectivity index (χ1v) is 6.06. The molecule has 1 amide bonds. The molecule has 1 aromatic carbocycles. The summed E-state index contributed by atoms with van der Waals surface area (Å²) in [7, 11) is 1.57. The van der Waals surface area contributed by atoms with Gasteiger partial charge in [-0.2, -0.15) is 0 Å². The van der Waals surface area contributed by atoms with Crippen molar-refractivity contribution < 1.29 is 19.1 Å². The number of rotatable bonds is 4. The highest BCUT2D eigenvalue weighted by Crippen LogP contribution is 2.28. The van der Waals surface area contributed by atoms with Crippen LogP contribution in [0, 0.1) is 6.92 Å². The van der Waals surface area contributed by atoms with E-state index in [2.05, 4.69) is 5.32 Å². The quantitative estimate of drug-likeness (QED) is 0.883. The lowest BCUT2D eigenvalue weighted by molar-refractivity contribution is 0.0924. The van der Waals surface area contributed by atoms with Crippen LogP contribution in [-0.4, -0.2) is 30.8 Å². The Morgan fingerprint density at radius 3 is 2.89 bits per heavy atom. The zero-order chi connectivity index (χ0) is 14.0. The molecule has 102 valence electrons. The molecule has 1 unspecified atom stereocenters. The maximum absolute atomic E-state index is 12.1. The molecule has 5 heteroatoms. The SMILES string of the molecule is COc1ccc2oc(C)c(C(=O)NCC(C)O)c2c1. The molecule has 0 bridgehead atoms. The Morgan fingerprint density at radius 2 is 2.26 bits per heavy atom. The molecule has 0 aliphatic heterocycles. The van der Waals surface area contributed by atoms with Gasteiger partial charge in [-0.1, -0.05) is 0 Å². The van der Waals surface area contributed by atoms with Crippen LogP contribution in [0.4, 0.5) is 0 Å². The summed E-state index contributed by atoms with van der Waals surface area (Å²) in [5.74, 6) is 0.953. The van der Waals surface area contributed by atoms with E-state index in [1.807, 2.05) is 0 Å². The molecule has 19 heavy (non-hydrogen) atoms. The number of aliphatic hydroxyl groups excluding tert-OH is 1. The van der Waals surface area contributed by atoms with Gasteiger partial charge in [-0.15, -0.1) is 0 Å². The van der Waals surface area contributed by atoms with Gasteiger partial charge in [0.05, 0.1) is 18.8 Å². The van der Waals surface area contributed by atoms with Crippen LogP contribution >= 0.6 is 0 Å². The summed E-state index contributed by atoms with van der Waals surface area (Å²) in [6.45, 7) is 3.56. The first-order chi connectivity index (χ1) is 9.02. The Labute approximate surface area is 111 Å². The second-order valence-electron chi connectivity index (χ2n) is 4.45. The number of aliphatic hydroxyl groups is 1. The first-order valence-electron chi connectivity index (χ1n) is 6.06. The number of ether oxygens (including phenoxy) is 1. The molecule has 1 heterocycles. The van der Waals surface area contributed by atoms with Crippen LogP contribution in [0.1, 0.15) is 23.0 Å². The van der Waals surface area contributed by atoms with E-state index in [1.165, 1.54) is 0 Å². The van der Waals surface area contributed by atoms with Gasteiger partial charge in [-0.05, 0) is 32.0 Å². The molecule has 2 N–H and O–H groups in total. The fraction of sp³-hybridized carbons (Fsp3) is 0.357. The lowest BCUT2D eigenvalue weighted by Gasteiger charge is -2.06. The van der Waals surface area contributed by atoms with Crippen LogP contribution in [0.5, 0.6) is 5.75 Å². The summed E-state index contributed by atoms with van der Waals surface area (Å²) in [6.07, 6.45) is -0.586. The number of nitrogens with one attached hydrogen (secondary N) is 1. The smallest absolute Gasteiger partial charge is 0.255 e. The molecule has 0 aliphatic carbocycles. The van der Waals surface area contributed by atoms with Crippen molar-refractivity contribution in [3.63, 3.8) is 0 Å². The van der Waals surface area contributed by atoms with Crippen LogP contribution in [0.3, 0.4) is 0 Å². The highest BCUT2D eigenvalue weighted by atomic mass is 16.5. The topological polar surface area (TPSA) is 71.7 Å². The Balaban J connectivity index is 2.40. The number of carbonyl (C=O) groups excluding carboxylic acids is 1. The summed E-state index contributed by atoms with van der Waals surface area (Å²) >= 11 is 0. The Morgan fingerprint density at radius 1 is 1.53 bits per heavy atom. The normalized spacial score (nSPS) is 12.4. The third-order valence-corrected chi connectivity index (χ3v) is 2.86. The van der Waals surface area contributed by atoms with Gasteiger partial charge in [0.1, 0.15) is 17.1 Å². The number of methoxy groups -OCH3 is 1. The van der Waals surface area contributed by atoms with Crippen molar-refractivity contribution >= 4 is 16.9 Å². The fourth-order valence-corrected chi connectivity index (χ4v) is 1.94. The molecule has 0 saturated carbocycles. The Kier molecular flexibility index (Phi) is 3.76. The average Bonchev–Trinajstić information content (AvgIpc) is 2.70. The van der Waals surface area contributed by atoms with Gasteiger partial charge in [0.25, 0.3) is 5.91 Å². The van der Waals surface area contributed by atoms with Crippen LogP contribution in [-0.2, 0) is 0 Å². The Hall–Kier alpha value is -2.01. The second kappa shape index (κ2) is 5.32. The third-order valence-electron chi connectivity index (χ3n) is 2.86. The number of fused-ring (bicyclic) bond motifs is 1. The van der Waals surface area contributed by atoms with E-state index in [4.69, 9.17) is 9.15 Å². The number of hydrogen-bond acceptors (Lipinski definition) is 4. The van der Waals surface area contributed by atoms with Gasteiger partial charge in [0.2, 0.25) is 0 Å². The number of benzene rings is 1. The van der Waals surface area contributed by atoms with Crippen molar-refractivity contribution in [1.82, 2.24) is 5.32 Å². The lowest BCUT2D eigenvalue weighted by Crippen LogP contribution is -2.30.